The van der Waals surface area contributed by atoms with Gasteiger partial charge in [-0.25, -0.2) is 0 Å². The molecule has 0 saturated heterocycles. The van der Waals surface area contributed by atoms with Gasteiger partial charge in [0.15, 0.2) is 0 Å². The summed E-state index contributed by atoms with van der Waals surface area (Å²) >= 11 is 0. The van der Waals surface area contributed by atoms with Gasteiger partial charge >= 0.3 is 0 Å². The first-order valence-electron chi connectivity index (χ1n) is 9.92. The molecule has 3 rings (SSSR count). The molecule has 4 N–H and O–H groups in total. The number of anilines is 1. The van der Waals surface area contributed by atoms with Crippen molar-refractivity contribution in [2.24, 2.45) is 5.73 Å². The van der Waals surface area contributed by atoms with Crippen molar-refractivity contribution in [3.8, 4) is 16.9 Å². The molecule has 1 heterocycles. The summed E-state index contributed by atoms with van der Waals surface area (Å²) in [6, 6.07) is 18.5. The summed E-state index contributed by atoms with van der Waals surface area (Å²) in [4.78, 5) is 28.1. The Bertz CT molecular complexity index is 991. The molecule has 1 aromatic heterocycles. The molecule has 3 aromatic rings. The van der Waals surface area contributed by atoms with Crippen molar-refractivity contribution >= 4 is 17.5 Å². The van der Waals surface area contributed by atoms with Crippen molar-refractivity contribution in [1.29, 1.82) is 0 Å². The highest BCUT2D eigenvalue weighted by Gasteiger charge is 2.21. The van der Waals surface area contributed by atoms with Gasteiger partial charge in [-0.15, -0.1) is 0 Å². The SMILES string of the molecule is NC(=O)C(CCCCC(=O)Nc1cccnc1)c1cc(-c2ccccc2)ccc1O. The van der Waals surface area contributed by atoms with E-state index in [9.17, 15) is 14.7 Å². The van der Waals surface area contributed by atoms with Crippen LogP contribution >= 0.6 is 0 Å². The summed E-state index contributed by atoms with van der Waals surface area (Å²) < 4.78 is 0. The van der Waals surface area contributed by atoms with Gasteiger partial charge in [-0.05, 0) is 48.2 Å². The predicted octanol–water partition coefficient (Wildman–Crippen LogP) is 4.22. The van der Waals surface area contributed by atoms with E-state index in [0.29, 0.717) is 36.9 Å². The Morgan fingerprint density at radius 3 is 2.50 bits per heavy atom. The number of pyridine rings is 1. The van der Waals surface area contributed by atoms with E-state index in [4.69, 9.17) is 5.73 Å². The van der Waals surface area contributed by atoms with Crippen LogP contribution in [0.25, 0.3) is 11.1 Å². The summed E-state index contributed by atoms with van der Waals surface area (Å²) in [5.74, 6) is -1.16. The van der Waals surface area contributed by atoms with Crippen molar-refractivity contribution in [2.75, 3.05) is 5.32 Å². The lowest BCUT2D eigenvalue weighted by molar-refractivity contribution is -0.119. The number of phenolic OH excluding ortho intramolecular Hbond substituents is 1. The number of nitrogens with two attached hydrogens (primary N) is 1. The fourth-order valence-electron chi connectivity index (χ4n) is 3.39. The molecule has 0 bridgehead atoms. The number of aromatic hydroxyl groups is 1. The van der Waals surface area contributed by atoms with E-state index in [-0.39, 0.29) is 11.7 Å². The maximum Gasteiger partial charge on any atom is 0.225 e. The molecule has 2 aromatic carbocycles. The van der Waals surface area contributed by atoms with Crippen LogP contribution in [0.15, 0.2) is 73.1 Å². The Morgan fingerprint density at radius 1 is 1.00 bits per heavy atom. The Kier molecular flexibility index (Phi) is 7.16. The molecule has 0 saturated carbocycles. The molecular weight excluding hydrogens is 378 g/mol. The van der Waals surface area contributed by atoms with Gasteiger partial charge in [0, 0.05) is 18.2 Å². The van der Waals surface area contributed by atoms with Gasteiger partial charge in [0.25, 0.3) is 0 Å². The number of carbonyl (C=O) groups excluding carboxylic acids is 2. The van der Waals surface area contributed by atoms with Crippen LogP contribution < -0.4 is 11.1 Å². The van der Waals surface area contributed by atoms with E-state index in [1.54, 1.807) is 30.6 Å². The van der Waals surface area contributed by atoms with Gasteiger partial charge in [0.05, 0.1) is 17.8 Å². The van der Waals surface area contributed by atoms with Crippen molar-refractivity contribution < 1.29 is 14.7 Å². The highest BCUT2D eigenvalue weighted by molar-refractivity contribution is 5.90. The summed E-state index contributed by atoms with van der Waals surface area (Å²) in [5.41, 5.74) is 8.71. The fraction of sp³-hybridized carbons (Fsp3) is 0.208. The molecule has 30 heavy (non-hydrogen) atoms. The first kappa shape index (κ1) is 21.0. The second-order valence-electron chi connectivity index (χ2n) is 7.13. The van der Waals surface area contributed by atoms with Crippen LogP contribution in [0.4, 0.5) is 5.69 Å². The number of hydrogen-bond acceptors (Lipinski definition) is 4. The summed E-state index contributed by atoms with van der Waals surface area (Å²) in [6.45, 7) is 0. The lowest BCUT2D eigenvalue weighted by Crippen LogP contribution is -2.21. The molecule has 0 spiro atoms. The van der Waals surface area contributed by atoms with Gasteiger partial charge in [-0.3, -0.25) is 14.6 Å². The van der Waals surface area contributed by atoms with Gasteiger partial charge in [-0.2, -0.15) is 0 Å². The Balaban J connectivity index is 1.61. The molecule has 0 aliphatic heterocycles. The molecule has 0 aliphatic carbocycles. The van der Waals surface area contributed by atoms with Crippen molar-refractivity contribution in [3.63, 3.8) is 0 Å². The van der Waals surface area contributed by atoms with Crippen LogP contribution in [0, 0.1) is 0 Å². The van der Waals surface area contributed by atoms with E-state index in [1.807, 2.05) is 42.5 Å². The maximum atomic E-state index is 12.1. The molecule has 6 heteroatoms. The average molecular weight is 403 g/mol. The van der Waals surface area contributed by atoms with Crippen LogP contribution in [0.5, 0.6) is 5.75 Å². The topological polar surface area (TPSA) is 105 Å². The number of nitrogens with zero attached hydrogens (tertiary/aromatic N) is 1. The van der Waals surface area contributed by atoms with E-state index in [1.165, 1.54) is 0 Å². The number of primary amides is 1. The zero-order valence-electron chi connectivity index (χ0n) is 16.6. The predicted molar refractivity (Wildman–Crippen MR) is 117 cm³/mol. The van der Waals surface area contributed by atoms with Crippen LogP contribution in [0.1, 0.15) is 37.2 Å². The van der Waals surface area contributed by atoms with E-state index in [0.717, 1.165) is 11.1 Å². The maximum absolute atomic E-state index is 12.1. The number of amides is 2. The van der Waals surface area contributed by atoms with E-state index < -0.39 is 11.8 Å². The quantitative estimate of drug-likeness (QED) is 0.465. The van der Waals surface area contributed by atoms with Gasteiger partial charge in [0.2, 0.25) is 11.8 Å². The van der Waals surface area contributed by atoms with Crippen molar-refractivity contribution in [1.82, 2.24) is 4.98 Å². The monoisotopic (exact) mass is 403 g/mol. The Labute approximate surface area is 175 Å². The number of hydrogen-bond donors (Lipinski definition) is 3. The third kappa shape index (κ3) is 5.67. The third-order valence-corrected chi connectivity index (χ3v) is 4.95. The molecule has 0 aliphatic rings. The number of carbonyl (C=O) groups is 2. The fourth-order valence-corrected chi connectivity index (χ4v) is 3.39. The molecule has 1 unspecified atom stereocenters. The molecule has 6 nitrogen and oxygen atoms in total. The van der Waals surface area contributed by atoms with Gasteiger partial charge in [0.1, 0.15) is 5.75 Å². The summed E-state index contributed by atoms with van der Waals surface area (Å²) in [6.07, 6.45) is 5.25. The summed E-state index contributed by atoms with van der Waals surface area (Å²) in [5, 5.41) is 13.1. The smallest absolute Gasteiger partial charge is 0.225 e. The largest absolute Gasteiger partial charge is 0.508 e. The lowest BCUT2D eigenvalue weighted by atomic mass is 9.89. The first-order chi connectivity index (χ1) is 14.5. The number of rotatable bonds is 9. The number of nitrogens with one attached hydrogen (secondary N) is 1. The van der Waals surface area contributed by atoms with Crippen molar-refractivity contribution in [3.05, 3.63) is 78.6 Å². The molecule has 0 radical (unpaired) electrons. The molecular formula is C24H25N3O3. The third-order valence-electron chi connectivity index (χ3n) is 4.95. The normalized spacial score (nSPS) is 11.6. The first-order valence-corrected chi connectivity index (χ1v) is 9.92. The highest BCUT2D eigenvalue weighted by Crippen LogP contribution is 2.33. The second-order valence-corrected chi connectivity index (χ2v) is 7.13. The zero-order chi connectivity index (χ0) is 21.3. The molecule has 2 amide bonds. The van der Waals surface area contributed by atoms with Gasteiger partial charge < -0.3 is 16.2 Å². The number of phenols is 1. The molecule has 154 valence electrons. The Morgan fingerprint density at radius 2 is 1.80 bits per heavy atom. The van der Waals surface area contributed by atoms with Crippen LogP contribution in [0.3, 0.4) is 0 Å². The highest BCUT2D eigenvalue weighted by atomic mass is 16.3. The molecule has 1 atom stereocenters. The summed E-state index contributed by atoms with van der Waals surface area (Å²) in [7, 11) is 0. The van der Waals surface area contributed by atoms with E-state index in [2.05, 4.69) is 10.3 Å². The molecule has 0 fully saturated rings. The van der Waals surface area contributed by atoms with Crippen molar-refractivity contribution in [2.45, 2.75) is 31.6 Å². The zero-order valence-corrected chi connectivity index (χ0v) is 16.6. The second kappa shape index (κ2) is 10.2. The number of benzene rings is 2. The van der Waals surface area contributed by atoms with Crippen LogP contribution in [0.2, 0.25) is 0 Å². The minimum Gasteiger partial charge on any atom is -0.508 e. The Hall–Kier alpha value is -3.67. The lowest BCUT2D eigenvalue weighted by Gasteiger charge is -2.16. The number of unbranched alkanes of at least 4 members (excludes halogenated alkanes) is 1. The number of aromatic nitrogens is 1. The minimum atomic E-state index is -0.616. The van der Waals surface area contributed by atoms with Gasteiger partial charge in [-0.1, -0.05) is 42.8 Å². The minimum absolute atomic E-state index is 0.0489. The average Bonchev–Trinajstić information content (AvgIpc) is 2.75. The van der Waals surface area contributed by atoms with Crippen LogP contribution in [-0.2, 0) is 9.59 Å². The standard InChI is InChI=1S/C24H25N3O3/c25-24(30)20(10-4-5-11-23(29)27-19-9-6-14-26-16-19)21-15-18(12-13-22(21)28)17-7-2-1-3-8-17/h1-3,6-9,12-16,20,28H,4-5,10-11H2,(H2,25,30)(H,27,29). The van der Waals surface area contributed by atoms with E-state index >= 15 is 0 Å². The van der Waals surface area contributed by atoms with Crippen LogP contribution in [-0.4, -0.2) is 21.9 Å².